The van der Waals surface area contributed by atoms with Crippen LogP contribution in [0, 0.1) is 0 Å². The first-order chi connectivity index (χ1) is 8.63. The molecule has 1 rings (SSSR count). The van der Waals surface area contributed by atoms with Gasteiger partial charge in [-0.25, -0.2) is 0 Å². The highest BCUT2D eigenvalue weighted by Crippen LogP contribution is 2.31. The van der Waals surface area contributed by atoms with Gasteiger partial charge in [-0.1, -0.05) is 55.2 Å². The topological polar surface area (TPSA) is 32.3 Å². The first-order valence-electron chi connectivity index (χ1n) is 5.26. The Morgan fingerprint density at radius 1 is 1.44 bits per heavy atom. The monoisotopic (exact) mass is 279 g/mol. The van der Waals surface area contributed by atoms with E-state index in [1.807, 2.05) is 0 Å². The van der Waals surface area contributed by atoms with Gasteiger partial charge in [0.1, 0.15) is 6.10 Å². The van der Waals surface area contributed by atoms with Gasteiger partial charge >= 0.3 is 0 Å². The van der Waals surface area contributed by atoms with E-state index in [0.29, 0.717) is 21.8 Å². The number of halogens is 1. The molecule has 0 aliphatic rings. The van der Waals surface area contributed by atoms with Gasteiger partial charge in [0.15, 0.2) is 0 Å². The van der Waals surface area contributed by atoms with Crippen molar-refractivity contribution in [2.75, 3.05) is 5.32 Å². The number of hydrogen-bond acceptors (Lipinski definition) is 2. The first-order valence-corrected chi connectivity index (χ1v) is 6.11. The molecule has 1 atom stereocenters. The summed E-state index contributed by atoms with van der Waals surface area (Å²) in [6.07, 6.45) is 4.03. The van der Waals surface area contributed by atoms with Crippen LogP contribution in [0.15, 0.2) is 55.2 Å². The van der Waals surface area contributed by atoms with E-state index in [9.17, 15) is 5.11 Å². The van der Waals surface area contributed by atoms with Crippen molar-refractivity contribution in [3.05, 3.63) is 65.7 Å². The smallest absolute Gasteiger partial charge is 0.106 e. The molecule has 94 valence electrons. The van der Waals surface area contributed by atoms with Crippen molar-refractivity contribution < 1.29 is 5.11 Å². The Hall–Kier alpha value is -1.42. The van der Waals surface area contributed by atoms with Crippen LogP contribution in [-0.2, 0) is 0 Å². The summed E-state index contributed by atoms with van der Waals surface area (Å²) < 4.78 is 0. The molecular formula is C14H14ClNOS. The summed E-state index contributed by atoms with van der Waals surface area (Å²) in [5.74, 6) is 0. The molecule has 0 radical (unpaired) electrons. The van der Waals surface area contributed by atoms with Crippen LogP contribution >= 0.6 is 23.8 Å². The van der Waals surface area contributed by atoms with Crippen LogP contribution < -0.4 is 5.32 Å². The van der Waals surface area contributed by atoms with Gasteiger partial charge in [-0.2, -0.15) is 0 Å². The zero-order valence-electron chi connectivity index (χ0n) is 9.77. The van der Waals surface area contributed by atoms with Crippen molar-refractivity contribution in [2.24, 2.45) is 0 Å². The summed E-state index contributed by atoms with van der Waals surface area (Å²) in [5, 5.41) is 13.7. The van der Waals surface area contributed by atoms with E-state index < -0.39 is 6.10 Å². The second-order valence-electron chi connectivity index (χ2n) is 3.50. The number of thiocarbonyl (C=S) groups is 1. The van der Waals surface area contributed by atoms with Gasteiger partial charge in [-0.15, -0.1) is 0 Å². The van der Waals surface area contributed by atoms with E-state index in [1.54, 1.807) is 36.4 Å². The highest BCUT2D eigenvalue weighted by atomic mass is 35.5. The summed E-state index contributed by atoms with van der Waals surface area (Å²) >= 11 is 10.7. The van der Waals surface area contributed by atoms with E-state index in [1.165, 1.54) is 5.49 Å². The normalized spacial score (nSPS) is 12.7. The van der Waals surface area contributed by atoms with Crippen LogP contribution in [0.25, 0.3) is 0 Å². The lowest BCUT2D eigenvalue weighted by Crippen LogP contribution is -2.05. The molecule has 4 heteroatoms. The van der Waals surface area contributed by atoms with Crippen molar-refractivity contribution >= 4 is 35.0 Å². The number of allylic oxidation sites excluding steroid dienone is 2. The van der Waals surface area contributed by atoms with E-state index in [4.69, 9.17) is 23.8 Å². The van der Waals surface area contributed by atoms with E-state index in [0.717, 1.165) is 0 Å². The summed E-state index contributed by atoms with van der Waals surface area (Å²) in [7, 11) is 0. The Morgan fingerprint density at radius 2 is 2.17 bits per heavy atom. The Morgan fingerprint density at radius 3 is 2.72 bits per heavy atom. The second kappa shape index (κ2) is 7.11. The van der Waals surface area contributed by atoms with E-state index >= 15 is 0 Å². The molecule has 0 spiro atoms. The first kappa shape index (κ1) is 14.6. The van der Waals surface area contributed by atoms with Gasteiger partial charge in [-0.3, -0.25) is 0 Å². The molecule has 0 saturated carbocycles. The lowest BCUT2D eigenvalue weighted by molar-refractivity contribution is 0.220. The number of aliphatic hydroxyl groups is 1. The molecule has 2 nitrogen and oxygen atoms in total. The fraction of sp³-hybridized carbons (Fsp3) is 0.0714. The highest BCUT2D eigenvalue weighted by molar-refractivity contribution is 7.79. The van der Waals surface area contributed by atoms with E-state index in [2.05, 4.69) is 18.5 Å². The fourth-order valence-electron chi connectivity index (χ4n) is 1.54. The third-order valence-electron chi connectivity index (χ3n) is 2.38. The maximum absolute atomic E-state index is 10.3. The minimum atomic E-state index is -0.836. The summed E-state index contributed by atoms with van der Waals surface area (Å²) in [5.41, 5.74) is 3.36. The number of rotatable bonds is 6. The number of benzene rings is 1. The van der Waals surface area contributed by atoms with E-state index in [-0.39, 0.29) is 0 Å². The molecule has 0 fully saturated rings. The highest BCUT2D eigenvalue weighted by Gasteiger charge is 2.15. The van der Waals surface area contributed by atoms with Gasteiger partial charge in [-0.05, 0) is 23.8 Å². The molecular weight excluding hydrogens is 266 g/mol. The van der Waals surface area contributed by atoms with Crippen molar-refractivity contribution in [1.82, 2.24) is 0 Å². The predicted molar refractivity (Wildman–Crippen MR) is 82.2 cm³/mol. The van der Waals surface area contributed by atoms with Crippen LogP contribution in [-0.4, -0.2) is 10.6 Å². The average molecular weight is 280 g/mol. The third-order valence-corrected chi connectivity index (χ3v) is 2.74. The molecule has 1 aromatic rings. The number of aliphatic hydroxyl groups excluding tert-OH is 1. The number of anilines is 1. The SMILES string of the molecule is C=C/C=C(\C=C)[C@@H](O)c1cc(Cl)ccc1NC=S. The average Bonchev–Trinajstić information content (AvgIpc) is 2.37. The molecule has 0 aromatic heterocycles. The summed E-state index contributed by atoms with van der Waals surface area (Å²) in [6.45, 7) is 7.27. The Balaban J connectivity index is 3.24. The molecule has 0 saturated heterocycles. The minimum absolute atomic E-state index is 0.543. The van der Waals surface area contributed by atoms with Gasteiger partial charge in [0.2, 0.25) is 0 Å². The number of hydrogen-bond donors (Lipinski definition) is 2. The van der Waals surface area contributed by atoms with Crippen LogP contribution in [0.1, 0.15) is 11.7 Å². The molecule has 0 heterocycles. The second-order valence-corrected chi connectivity index (χ2v) is 4.17. The van der Waals surface area contributed by atoms with Gasteiger partial charge in [0.25, 0.3) is 0 Å². The van der Waals surface area contributed by atoms with Gasteiger partial charge in [0.05, 0.1) is 5.49 Å². The molecule has 2 N–H and O–H groups in total. The fourth-order valence-corrected chi connectivity index (χ4v) is 1.85. The van der Waals surface area contributed by atoms with Gasteiger partial charge < -0.3 is 10.4 Å². The van der Waals surface area contributed by atoms with Crippen molar-refractivity contribution in [1.29, 1.82) is 0 Å². The lowest BCUT2D eigenvalue weighted by atomic mass is 9.99. The Kier molecular flexibility index (Phi) is 5.78. The molecule has 1 aromatic carbocycles. The van der Waals surface area contributed by atoms with Gasteiger partial charge in [0, 0.05) is 16.3 Å². The zero-order chi connectivity index (χ0) is 13.5. The molecule has 18 heavy (non-hydrogen) atoms. The maximum atomic E-state index is 10.3. The summed E-state index contributed by atoms with van der Waals surface area (Å²) in [6, 6.07) is 5.18. The van der Waals surface area contributed by atoms with Crippen LogP contribution in [0.5, 0.6) is 0 Å². The van der Waals surface area contributed by atoms with Crippen LogP contribution in [0.4, 0.5) is 5.69 Å². The number of nitrogens with one attached hydrogen (secondary N) is 1. The third kappa shape index (κ3) is 3.53. The maximum Gasteiger partial charge on any atom is 0.106 e. The lowest BCUT2D eigenvalue weighted by Gasteiger charge is -2.16. The Bertz CT molecular complexity index is 497. The molecule has 0 bridgehead atoms. The zero-order valence-corrected chi connectivity index (χ0v) is 11.3. The molecule has 0 aliphatic heterocycles. The molecule has 0 amide bonds. The minimum Gasteiger partial charge on any atom is -0.384 e. The predicted octanol–water partition coefficient (Wildman–Crippen LogP) is 4.04. The van der Waals surface area contributed by atoms with Crippen LogP contribution in [0.2, 0.25) is 5.02 Å². The summed E-state index contributed by atoms with van der Waals surface area (Å²) in [4.78, 5) is 0. The standard InChI is InChI=1S/C14H14ClNOS/c1-3-5-10(4-2)14(17)12-8-11(15)6-7-13(12)16-9-18/h3-9,14,17H,1-2H2,(H,16,18)/b10-5+/t14-/m1/s1. The van der Waals surface area contributed by atoms with Crippen molar-refractivity contribution in [3.63, 3.8) is 0 Å². The molecule has 0 unspecified atom stereocenters. The van der Waals surface area contributed by atoms with Crippen LogP contribution in [0.3, 0.4) is 0 Å². The Labute approximate surface area is 117 Å². The van der Waals surface area contributed by atoms with Crippen molar-refractivity contribution in [3.8, 4) is 0 Å². The van der Waals surface area contributed by atoms with Crippen molar-refractivity contribution in [2.45, 2.75) is 6.10 Å². The largest absolute Gasteiger partial charge is 0.384 e. The quantitative estimate of drug-likeness (QED) is 0.609. The molecule has 0 aliphatic carbocycles.